The van der Waals surface area contributed by atoms with Crippen LogP contribution < -0.4 is 9.08 Å². The van der Waals surface area contributed by atoms with Crippen molar-refractivity contribution in [3.8, 4) is 5.75 Å². The summed E-state index contributed by atoms with van der Waals surface area (Å²) in [6.45, 7) is 1.83. The predicted octanol–water partition coefficient (Wildman–Crippen LogP) is 5.11. The van der Waals surface area contributed by atoms with Crippen molar-refractivity contribution in [1.82, 2.24) is 4.98 Å². The summed E-state index contributed by atoms with van der Waals surface area (Å²) in [7, 11) is -4.31. The summed E-state index contributed by atoms with van der Waals surface area (Å²) in [5.41, 5.74) is 1.33. The van der Waals surface area contributed by atoms with Gasteiger partial charge in [-0.3, -0.25) is 19.8 Å². The van der Waals surface area contributed by atoms with Gasteiger partial charge in [0.05, 0.1) is 16.3 Å². The minimum Gasteiger partial charge on any atom is -0.379 e. The van der Waals surface area contributed by atoms with Crippen molar-refractivity contribution in [2.45, 2.75) is 11.8 Å². The highest BCUT2D eigenvalue weighted by atomic mass is 32.2. The predicted molar refractivity (Wildman–Crippen MR) is 127 cm³/mol. The molecule has 1 amide bonds. The Labute approximate surface area is 199 Å². The molecular weight excluding hydrogens is 478 g/mol. The number of carbonyl (C=O) groups is 1. The van der Waals surface area contributed by atoms with Gasteiger partial charge in [-0.25, -0.2) is 4.98 Å². The highest BCUT2D eigenvalue weighted by Gasteiger charge is 2.24. The number of hydrogen-bond donors (Lipinski definition) is 0. The number of aryl methyl sites for hydroxylation is 1. The fourth-order valence-electron chi connectivity index (χ4n) is 3.05. The molecule has 0 spiro atoms. The number of rotatable bonds is 7. The van der Waals surface area contributed by atoms with E-state index in [1.165, 1.54) is 58.7 Å². The minimum absolute atomic E-state index is 0.0422. The Kier molecular flexibility index (Phi) is 6.39. The van der Waals surface area contributed by atoms with E-state index in [0.29, 0.717) is 10.8 Å². The highest BCUT2D eigenvalue weighted by Crippen LogP contribution is 2.31. The van der Waals surface area contributed by atoms with Crippen LogP contribution in [-0.2, 0) is 10.1 Å². The zero-order valence-corrected chi connectivity index (χ0v) is 19.3. The fourth-order valence-corrected chi connectivity index (χ4v) is 4.84. The number of benzene rings is 3. The van der Waals surface area contributed by atoms with Crippen LogP contribution in [0.25, 0.3) is 0 Å². The molecule has 0 saturated heterocycles. The van der Waals surface area contributed by atoms with Crippen LogP contribution in [0, 0.1) is 17.0 Å². The molecule has 0 bridgehead atoms. The van der Waals surface area contributed by atoms with Gasteiger partial charge in [0.2, 0.25) is 0 Å². The van der Waals surface area contributed by atoms with E-state index in [1.807, 2.05) is 30.5 Å². The summed E-state index contributed by atoms with van der Waals surface area (Å²) in [6, 6.07) is 19.2. The quantitative estimate of drug-likeness (QED) is 0.199. The molecule has 9 nitrogen and oxygen atoms in total. The van der Waals surface area contributed by atoms with Crippen LogP contribution >= 0.6 is 11.3 Å². The Hall–Kier alpha value is -4.09. The molecule has 1 heterocycles. The van der Waals surface area contributed by atoms with E-state index in [-0.39, 0.29) is 27.8 Å². The Morgan fingerprint density at radius 1 is 1.03 bits per heavy atom. The van der Waals surface area contributed by atoms with Crippen LogP contribution in [0.1, 0.15) is 16.1 Å². The molecule has 3 aromatic carbocycles. The van der Waals surface area contributed by atoms with Crippen LogP contribution in [0.3, 0.4) is 0 Å². The largest absolute Gasteiger partial charge is 0.379 e. The van der Waals surface area contributed by atoms with Gasteiger partial charge in [0.1, 0.15) is 10.6 Å². The van der Waals surface area contributed by atoms with Crippen LogP contribution in [0.2, 0.25) is 0 Å². The summed E-state index contributed by atoms with van der Waals surface area (Å²) < 4.78 is 30.2. The van der Waals surface area contributed by atoms with Gasteiger partial charge in [-0.1, -0.05) is 24.3 Å². The fraction of sp³-hybridized carbons (Fsp3) is 0.0435. The summed E-state index contributed by atoms with van der Waals surface area (Å²) in [5.74, 6) is -0.395. The lowest BCUT2D eigenvalue weighted by atomic mass is 10.2. The maximum absolute atomic E-state index is 13.3. The van der Waals surface area contributed by atoms with Gasteiger partial charge < -0.3 is 4.18 Å². The van der Waals surface area contributed by atoms with Gasteiger partial charge in [-0.15, -0.1) is 11.3 Å². The molecule has 34 heavy (non-hydrogen) atoms. The second-order valence-electron chi connectivity index (χ2n) is 7.06. The third-order valence-corrected chi connectivity index (χ3v) is 6.83. The Morgan fingerprint density at radius 3 is 2.35 bits per heavy atom. The topological polar surface area (TPSA) is 120 Å². The Bertz CT molecular complexity index is 1450. The standard InChI is InChI=1S/C23H17N3O6S2/c1-16-15-33-23(24-16)25(18-6-3-2-4-7-18)22(27)17-10-12-20(13-11-17)32-34(30,31)21-9-5-8-19(14-21)26(28)29/h2-15H,1H3. The average Bonchev–Trinajstić information content (AvgIpc) is 3.25. The zero-order chi connectivity index (χ0) is 24.3. The molecule has 172 valence electrons. The number of para-hydroxylation sites is 1. The van der Waals surface area contributed by atoms with Crippen molar-refractivity contribution in [3.63, 3.8) is 0 Å². The van der Waals surface area contributed by atoms with E-state index < -0.39 is 15.0 Å². The van der Waals surface area contributed by atoms with Crippen molar-refractivity contribution in [2.24, 2.45) is 0 Å². The summed E-state index contributed by atoms with van der Waals surface area (Å²) in [4.78, 5) is 29.1. The van der Waals surface area contributed by atoms with E-state index in [9.17, 15) is 23.3 Å². The first kappa shape index (κ1) is 23.1. The molecule has 11 heteroatoms. The first-order valence-electron chi connectivity index (χ1n) is 9.85. The number of hydrogen-bond acceptors (Lipinski definition) is 8. The molecule has 4 rings (SSSR count). The molecule has 4 aromatic rings. The molecule has 0 atom stereocenters. The molecule has 0 aliphatic heterocycles. The molecule has 0 aliphatic carbocycles. The summed E-state index contributed by atoms with van der Waals surface area (Å²) >= 11 is 1.33. The molecule has 0 saturated carbocycles. The first-order valence-corrected chi connectivity index (χ1v) is 12.1. The van der Waals surface area contributed by atoms with E-state index >= 15 is 0 Å². The zero-order valence-electron chi connectivity index (χ0n) is 17.7. The van der Waals surface area contributed by atoms with E-state index in [2.05, 4.69) is 4.98 Å². The molecule has 0 unspecified atom stereocenters. The molecule has 0 radical (unpaired) electrons. The van der Waals surface area contributed by atoms with Gasteiger partial charge in [0.25, 0.3) is 11.6 Å². The van der Waals surface area contributed by atoms with E-state index in [0.717, 1.165) is 11.8 Å². The number of aromatic nitrogens is 1. The second kappa shape index (κ2) is 9.41. The number of amides is 1. The number of nitrogens with zero attached hydrogens (tertiary/aromatic N) is 3. The third-order valence-electron chi connectivity index (χ3n) is 4.64. The molecule has 1 aromatic heterocycles. The maximum Gasteiger partial charge on any atom is 0.339 e. The third kappa shape index (κ3) is 4.95. The van der Waals surface area contributed by atoms with Crippen molar-refractivity contribution in [3.05, 3.63) is 106 Å². The maximum atomic E-state index is 13.3. The number of non-ortho nitro benzene ring substituents is 1. The molecule has 0 aliphatic rings. The van der Waals surface area contributed by atoms with Gasteiger partial charge in [-0.2, -0.15) is 8.42 Å². The number of nitro groups is 1. The number of carbonyl (C=O) groups excluding carboxylic acids is 1. The number of anilines is 2. The SMILES string of the molecule is Cc1csc(N(C(=O)c2ccc(OS(=O)(=O)c3cccc([N+](=O)[O-])c3)cc2)c2ccccc2)n1. The normalized spacial score (nSPS) is 11.1. The Balaban J connectivity index is 1.59. The first-order chi connectivity index (χ1) is 16.2. The monoisotopic (exact) mass is 495 g/mol. The van der Waals surface area contributed by atoms with Crippen LogP contribution in [-0.4, -0.2) is 24.2 Å². The number of thiazole rings is 1. The van der Waals surface area contributed by atoms with Crippen molar-refractivity contribution in [2.75, 3.05) is 4.90 Å². The molecule has 0 N–H and O–H groups in total. The van der Waals surface area contributed by atoms with Crippen LogP contribution in [0.5, 0.6) is 5.75 Å². The van der Waals surface area contributed by atoms with Gasteiger partial charge in [-0.05, 0) is 49.4 Å². The van der Waals surface area contributed by atoms with Crippen LogP contribution in [0.4, 0.5) is 16.5 Å². The van der Waals surface area contributed by atoms with Gasteiger partial charge >= 0.3 is 10.1 Å². The minimum atomic E-state index is -4.31. The highest BCUT2D eigenvalue weighted by molar-refractivity contribution is 7.87. The van der Waals surface area contributed by atoms with E-state index in [1.54, 1.807) is 12.1 Å². The smallest absolute Gasteiger partial charge is 0.339 e. The van der Waals surface area contributed by atoms with Crippen molar-refractivity contribution in [1.29, 1.82) is 0 Å². The lowest BCUT2D eigenvalue weighted by Crippen LogP contribution is -2.25. The molecular formula is C23H17N3O6S2. The second-order valence-corrected chi connectivity index (χ2v) is 9.45. The summed E-state index contributed by atoms with van der Waals surface area (Å²) in [5, 5.41) is 13.3. The van der Waals surface area contributed by atoms with Crippen molar-refractivity contribution >= 4 is 43.9 Å². The average molecular weight is 496 g/mol. The summed E-state index contributed by atoms with van der Waals surface area (Å²) in [6.07, 6.45) is 0. The molecule has 0 fully saturated rings. The van der Waals surface area contributed by atoms with Crippen LogP contribution in [0.15, 0.2) is 89.1 Å². The van der Waals surface area contributed by atoms with Gasteiger partial charge in [0.15, 0.2) is 5.13 Å². The van der Waals surface area contributed by atoms with Crippen molar-refractivity contribution < 1.29 is 22.3 Å². The lowest BCUT2D eigenvalue weighted by molar-refractivity contribution is -0.385. The Morgan fingerprint density at radius 2 is 1.74 bits per heavy atom. The van der Waals surface area contributed by atoms with Gasteiger partial charge in [0, 0.05) is 23.1 Å². The van der Waals surface area contributed by atoms with E-state index in [4.69, 9.17) is 4.18 Å². The number of nitro benzene ring substituents is 1. The lowest BCUT2D eigenvalue weighted by Gasteiger charge is -2.20.